The molecule has 0 aliphatic heterocycles. The molecule has 126 valence electrons. The van der Waals surface area contributed by atoms with E-state index in [1.165, 1.54) is 24.9 Å². The average Bonchev–Trinajstić information content (AvgIpc) is 2.57. The Labute approximate surface area is 154 Å². The summed E-state index contributed by atoms with van der Waals surface area (Å²) in [5, 5.41) is 3.69. The van der Waals surface area contributed by atoms with Gasteiger partial charge in [-0.2, -0.15) is 0 Å². The summed E-state index contributed by atoms with van der Waals surface area (Å²) in [6.45, 7) is 0. The van der Waals surface area contributed by atoms with Crippen molar-refractivity contribution in [3.8, 4) is 0 Å². The molecule has 1 amide bonds. The molecule has 0 saturated heterocycles. The molecule has 0 heterocycles. The van der Waals surface area contributed by atoms with E-state index in [-0.39, 0.29) is 22.2 Å². The summed E-state index contributed by atoms with van der Waals surface area (Å²) in [7, 11) is 1.27. The highest BCUT2D eigenvalue weighted by Gasteiger charge is 2.12. The molecule has 2 rings (SSSR count). The van der Waals surface area contributed by atoms with E-state index in [9.17, 15) is 9.59 Å². The number of hydrogen-bond donors (Lipinski definition) is 1. The van der Waals surface area contributed by atoms with Gasteiger partial charge in [-0.1, -0.05) is 41.4 Å². The highest BCUT2D eigenvalue weighted by Crippen LogP contribution is 2.23. The molecule has 2 aromatic carbocycles. The zero-order chi connectivity index (χ0) is 17.5. The molecule has 0 radical (unpaired) electrons. The van der Waals surface area contributed by atoms with Gasteiger partial charge in [0.2, 0.25) is 5.91 Å². The molecule has 0 aliphatic rings. The van der Waals surface area contributed by atoms with Gasteiger partial charge in [-0.05, 0) is 29.8 Å². The van der Waals surface area contributed by atoms with Crippen LogP contribution in [0.2, 0.25) is 10.0 Å². The molecule has 0 aliphatic carbocycles. The minimum Gasteiger partial charge on any atom is -0.465 e. The first-order valence-electron chi connectivity index (χ1n) is 7.00. The van der Waals surface area contributed by atoms with Crippen molar-refractivity contribution in [3.05, 3.63) is 63.6 Å². The van der Waals surface area contributed by atoms with Crippen molar-refractivity contribution in [1.82, 2.24) is 0 Å². The van der Waals surface area contributed by atoms with Gasteiger partial charge in [-0.3, -0.25) is 4.79 Å². The summed E-state index contributed by atoms with van der Waals surface area (Å²) in [5.74, 6) is 0.178. The van der Waals surface area contributed by atoms with Crippen molar-refractivity contribution >= 4 is 52.5 Å². The van der Waals surface area contributed by atoms with Crippen molar-refractivity contribution < 1.29 is 14.3 Å². The molecule has 0 unspecified atom stereocenters. The normalized spacial score (nSPS) is 10.3. The highest BCUT2D eigenvalue weighted by molar-refractivity contribution is 7.99. The Hall–Kier alpha value is -1.69. The lowest BCUT2D eigenvalue weighted by Crippen LogP contribution is -2.15. The number of carbonyl (C=O) groups excluding carboxylic acids is 2. The number of esters is 1. The maximum absolute atomic E-state index is 12.0. The fourth-order valence-corrected chi connectivity index (χ4v) is 3.24. The van der Waals surface area contributed by atoms with E-state index in [1.807, 2.05) is 24.3 Å². The van der Waals surface area contributed by atoms with Crippen LogP contribution in [-0.4, -0.2) is 24.7 Å². The van der Waals surface area contributed by atoms with Crippen LogP contribution >= 0.6 is 35.0 Å². The first-order valence-corrected chi connectivity index (χ1v) is 8.91. The first-order chi connectivity index (χ1) is 11.5. The number of hydrogen-bond acceptors (Lipinski definition) is 4. The van der Waals surface area contributed by atoms with Crippen molar-refractivity contribution in [2.75, 3.05) is 18.2 Å². The SMILES string of the molecule is COC(=O)c1cc(NC(=O)CSCc2ccccc2Cl)ccc1Cl. The van der Waals surface area contributed by atoms with Crippen LogP contribution in [0, 0.1) is 0 Å². The Morgan fingerprint density at radius 3 is 2.58 bits per heavy atom. The van der Waals surface area contributed by atoms with Gasteiger partial charge in [0.1, 0.15) is 0 Å². The van der Waals surface area contributed by atoms with Gasteiger partial charge in [0, 0.05) is 16.5 Å². The van der Waals surface area contributed by atoms with E-state index in [0.29, 0.717) is 16.5 Å². The van der Waals surface area contributed by atoms with Crippen LogP contribution in [0.4, 0.5) is 5.69 Å². The predicted molar refractivity (Wildman–Crippen MR) is 99.0 cm³/mol. The lowest BCUT2D eigenvalue weighted by atomic mass is 10.2. The Kier molecular flexibility index (Phi) is 6.97. The summed E-state index contributed by atoms with van der Waals surface area (Å²) in [4.78, 5) is 23.6. The van der Waals surface area contributed by atoms with Crippen LogP contribution in [0.3, 0.4) is 0 Å². The van der Waals surface area contributed by atoms with Gasteiger partial charge in [0.15, 0.2) is 0 Å². The van der Waals surface area contributed by atoms with Gasteiger partial charge >= 0.3 is 5.97 Å². The minimum absolute atomic E-state index is 0.176. The molecule has 0 fully saturated rings. The average molecular weight is 384 g/mol. The Bertz CT molecular complexity index is 752. The van der Waals surface area contributed by atoms with Gasteiger partial charge in [0.05, 0.1) is 23.4 Å². The highest BCUT2D eigenvalue weighted by atomic mass is 35.5. The Morgan fingerprint density at radius 2 is 1.88 bits per heavy atom. The van der Waals surface area contributed by atoms with E-state index in [1.54, 1.807) is 12.1 Å². The van der Waals surface area contributed by atoms with E-state index in [0.717, 1.165) is 5.56 Å². The van der Waals surface area contributed by atoms with E-state index < -0.39 is 5.97 Å². The number of amides is 1. The number of thioether (sulfide) groups is 1. The number of methoxy groups -OCH3 is 1. The maximum Gasteiger partial charge on any atom is 0.339 e. The molecule has 2 aromatic rings. The van der Waals surface area contributed by atoms with E-state index >= 15 is 0 Å². The zero-order valence-electron chi connectivity index (χ0n) is 12.8. The number of benzene rings is 2. The number of halogens is 2. The summed E-state index contributed by atoms with van der Waals surface area (Å²) >= 11 is 13.5. The predicted octanol–water partition coefficient (Wildman–Crippen LogP) is 4.65. The van der Waals surface area contributed by atoms with Gasteiger partial charge < -0.3 is 10.1 Å². The molecule has 0 spiro atoms. The standard InChI is InChI=1S/C17H15Cl2NO3S/c1-23-17(22)13-8-12(6-7-15(13)19)20-16(21)10-24-9-11-4-2-3-5-14(11)18/h2-8H,9-10H2,1H3,(H,20,21). The van der Waals surface area contributed by atoms with Crippen molar-refractivity contribution in [3.63, 3.8) is 0 Å². The van der Waals surface area contributed by atoms with Gasteiger partial charge in [-0.15, -0.1) is 11.8 Å². The molecule has 0 atom stereocenters. The molecule has 0 saturated carbocycles. The third kappa shape index (κ3) is 5.16. The van der Waals surface area contributed by atoms with Gasteiger partial charge in [0.25, 0.3) is 0 Å². The third-order valence-corrected chi connectivity index (χ3v) is 4.78. The van der Waals surface area contributed by atoms with E-state index in [4.69, 9.17) is 23.2 Å². The van der Waals surface area contributed by atoms with Crippen LogP contribution in [0.1, 0.15) is 15.9 Å². The van der Waals surface area contributed by atoms with Crippen molar-refractivity contribution in [1.29, 1.82) is 0 Å². The maximum atomic E-state index is 12.0. The third-order valence-electron chi connectivity index (χ3n) is 3.10. The van der Waals surface area contributed by atoms with Crippen molar-refractivity contribution in [2.24, 2.45) is 0 Å². The minimum atomic E-state index is -0.552. The number of nitrogens with one attached hydrogen (secondary N) is 1. The second-order valence-corrected chi connectivity index (χ2v) is 6.62. The summed E-state index contributed by atoms with van der Waals surface area (Å²) in [6.07, 6.45) is 0. The molecular weight excluding hydrogens is 369 g/mol. The number of anilines is 1. The van der Waals surface area contributed by atoms with Crippen LogP contribution in [-0.2, 0) is 15.3 Å². The monoisotopic (exact) mass is 383 g/mol. The second kappa shape index (κ2) is 8.97. The number of carbonyl (C=O) groups is 2. The molecular formula is C17H15Cl2NO3S. The molecule has 24 heavy (non-hydrogen) atoms. The summed E-state index contributed by atoms with van der Waals surface area (Å²) in [6, 6.07) is 12.2. The molecule has 7 heteroatoms. The topological polar surface area (TPSA) is 55.4 Å². The van der Waals surface area contributed by atoms with Crippen LogP contribution in [0.25, 0.3) is 0 Å². The van der Waals surface area contributed by atoms with Crippen LogP contribution < -0.4 is 5.32 Å². The lowest BCUT2D eigenvalue weighted by molar-refractivity contribution is -0.113. The second-order valence-electron chi connectivity index (χ2n) is 4.82. The van der Waals surface area contributed by atoms with Crippen molar-refractivity contribution in [2.45, 2.75) is 5.75 Å². The fraction of sp³-hybridized carbons (Fsp3) is 0.176. The van der Waals surface area contributed by atoms with E-state index in [2.05, 4.69) is 10.1 Å². The lowest BCUT2D eigenvalue weighted by Gasteiger charge is -2.08. The largest absolute Gasteiger partial charge is 0.465 e. The van der Waals surface area contributed by atoms with Gasteiger partial charge in [-0.25, -0.2) is 4.79 Å². The fourth-order valence-electron chi connectivity index (χ4n) is 1.94. The Morgan fingerprint density at radius 1 is 1.12 bits per heavy atom. The number of rotatable bonds is 6. The summed E-state index contributed by atoms with van der Waals surface area (Å²) < 4.78 is 4.65. The quantitative estimate of drug-likeness (QED) is 0.737. The Balaban J connectivity index is 1.91. The van der Waals surface area contributed by atoms with Crippen LogP contribution in [0.15, 0.2) is 42.5 Å². The first kappa shape index (κ1) is 18.6. The van der Waals surface area contributed by atoms with Crippen LogP contribution in [0.5, 0.6) is 0 Å². The molecule has 0 bridgehead atoms. The zero-order valence-corrected chi connectivity index (χ0v) is 15.2. The summed E-state index contributed by atoms with van der Waals surface area (Å²) in [5.41, 5.74) is 1.68. The number of ether oxygens (including phenoxy) is 1. The molecule has 1 N–H and O–H groups in total. The molecule has 4 nitrogen and oxygen atoms in total. The smallest absolute Gasteiger partial charge is 0.339 e. The molecule has 0 aromatic heterocycles.